The van der Waals surface area contributed by atoms with E-state index in [0.29, 0.717) is 12.3 Å². The van der Waals surface area contributed by atoms with Crippen LogP contribution in [0.3, 0.4) is 0 Å². The van der Waals surface area contributed by atoms with E-state index < -0.39 is 0 Å². The summed E-state index contributed by atoms with van der Waals surface area (Å²) in [6, 6.07) is 6.15. The van der Waals surface area contributed by atoms with Gasteiger partial charge in [-0.2, -0.15) is 0 Å². The molecule has 1 amide bonds. The minimum Gasteiger partial charge on any atom is -0.459 e. The normalized spacial score (nSPS) is 17.3. The quantitative estimate of drug-likeness (QED) is 0.919. The molecule has 0 bridgehead atoms. The van der Waals surface area contributed by atoms with Crippen molar-refractivity contribution in [3.05, 3.63) is 46.0 Å². The molecule has 3 heterocycles. The number of nitrogens with zero attached hydrogens (tertiary/aromatic N) is 1. The molecule has 6 heteroatoms. The molecule has 1 saturated heterocycles. The van der Waals surface area contributed by atoms with Crippen molar-refractivity contribution in [1.82, 2.24) is 10.2 Å². The Bertz CT molecular complexity index is 603. The maximum absolute atomic E-state index is 12.2. The Morgan fingerprint density at radius 2 is 2.23 bits per heavy atom. The molecule has 118 valence electrons. The van der Waals surface area contributed by atoms with Gasteiger partial charge in [-0.3, -0.25) is 9.69 Å². The smallest absolute Gasteiger partial charge is 0.287 e. The van der Waals surface area contributed by atoms with E-state index in [4.69, 9.17) is 9.15 Å². The number of carbonyl (C=O) groups is 1. The lowest BCUT2D eigenvalue weighted by Crippen LogP contribution is -2.43. The number of morpholine rings is 1. The van der Waals surface area contributed by atoms with Gasteiger partial charge in [0, 0.05) is 30.1 Å². The number of thiophene rings is 1. The van der Waals surface area contributed by atoms with Crippen molar-refractivity contribution in [3.8, 4) is 0 Å². The summed E-state index contributed by atoms with van der Waals surface area (Å²) < 4.78 is 10.7. The summed E-state index contributed by atoms with van der Waals surface area (Å²) in [5, 5.41) is 5.07. The zero-order valence-electron chi connectivity index (χ0n) is 12.6. The van der Waals surface area contributed by atoms with E-state index in [1.807, 2.05) is 13.0 Å². The maximum Gasteiger partial charge on any atom is 0.287 e. The minimum absolute atomic E-state index is 0.155. The summed E-state index contributed by atoms with van der Waals surface area (Å²) in [6.45, 7) is 5.70. The van der Waals surface area contributed by atoms with E-state index >= 15 is 0 Å². The second kappa shape index (κ2) is 7.09. The first kappa shape index (κ1) is 15.3. The van der Waals surface area contributed by atoms with Gasteiger partial charge in [0.1, 0.15) is 0 Å². The first-order chi connectivity index (χ1) is 10.8. The highest BCUT2D eigenvalue weighted by Gasteiger charge is 2.24. The fourth-order valence-corrected chi connectivity index (χ4v) is 3.52. The van der Waals surface area contributed by atoms with Crippen molar-refractivity contribution >= 4 is 17.2 Å². The number of furan rings is 1. The third kappa shape index (κ3) is 3.40. The third-order valence-electron chi connectivity index (χ3n) is 3.88. The monoisotopic (exact) mass is 320 g/mol. The molecular formula is C16H20N2O3S. The molecule has 0 unspecified atom stereocenters. The lowest BCUT2D eigenvalue weighted by atomic mass is 10.2. The van der Waals surface area contributed by atoms with E-state index in [9.17, 15) is 4.79 Å². The molecule has 0 aliphatic carbocycles. The lowest BCUT2D eigenvalue weighted by molar-refractivity contribution is 0.0168. The number of hydrogen-bond acceptors (Lipinski definition) is 5. The van der Waals surface area contributed by atoms with Crippen LogP contribution in [0, 0.1) is 6.92 Å². The molecular weight excluding hydrogens is 300 g/mol. The molecule has 1 N–H and O–H groups in total. The van der Waals surface area contributed by atoms with Crippen LogP contribution in [0.5, 0.6) is 0 Å². The van der Waals surface area contributed by atoms with E-state index in [0.717, 1.165) is 31.9 Å². The third-order valence-corrected chi connectivity index (χ3v) is 4.86. The molecule has 0 spiro atoms. The van der Waals surface area contributed by atoms with Crippen LogP contribution in [-0.2, 0) is 4.74 Å². The molecule has 3 rings (SSSR count). The molecule has 1 atom stereocenters. The van der Waals surface area contributed by atoms with Crippen molar-refractivity contribution in [3.63, 3.8) is 0 Å². The van der Waals surface area contributed by atoms with Gasteiger partial charge in [-0.25, -0.2) is 0 Å². The number of rotatable bonds is 5. The zero-order chi connectivity index (χ0) is 15.4. The van der Waals surface area contributed by atoms with Gasteiger partial charge in [0.15, 0.2) is 5.76 Å². The Hall–Kier alpha value is -1.63. The molecule has 22 heavy (non-hydrogen) atoms. The molecule has 1 fully saturated rings. The first-order valence-corrected chi connectivity index (χ1v) is 8.31. The highest BCUT2D eigenvalue weighted by atomic mass is 32.1. The first-order valence-electron chi connectivity index (χ1n) is 7.43. The molecule has 0 aromatic carbocycles. The molecule has 0 saturated carbocycles. The van der Waals surface area contributed by atoms with Gasteiger partial charge in [0.25, 0.3) is 5.91 Å². The predicted molar refractivity (Wildman–Crippen MR) is 85.2 cm³/mol. The minimum atomic E-state index is -0.155. The number of aryl methyl sites for hydroxylation is 1. The van der Waals surface area contributed by atoms with Gasteiger partial charge in [-0.05, 0) is 24.4 Å². The van der Waals surface area contributed by atoms with Crippen LogP contribution in [0.1, 0.15) is 27.0 Å². The van der Waals surface area contributed by atoms with Crippen LogP contribution in [0.15, 0.2) is 34.3 Å². The predicted octanol–water partition coefficient (Wildman–Crippen LogP) is 2.45. The van der Waals surface area contributed by atoms with Gasteiger partial charge in [-0.15, -0.1) is 11.3 Å². The van der Waals surface area contributed by atoms with Crippen molar-refractivity contribution in [2.24, 2.45) is 0 Å². The Labute approximate surface area is 133 Å². The van der Waals surface area contributed by atoms with Crippen LogP contribution in [0.25, 0.3) is 0 Å². The van der Waals surface area contributed by atoms with Gasteiger partial charge < -0.3 is 14.5 Å². The summed E-state index contributed by atoms with van der Waals surface area (Å²) in [5.41, 5.74) is 0.858. The summed E-state index contributed by atoms with van der Waals surface area (Å²) >= 11 is 1.72. The largest absolute Gasteiger partial charge is 0.459 e. The van der Waals surface area contributed by atoms with Crippen molar-refractivity contribution < 1.29 is 13.9 Å². The number of hydrogen-bond donors (Lipinski definition) is 1. The Morgan fingerprint density at radius 1 is 1.41 bits per heavy atom. The Kier molecular flexibility index (Phi) is 4.92. The van der Waals surface area contributed by atoms with Gasteiger partial charge in [-0.1, -0.05) is 6.07 Å². The van der Waals surface area contributed by atoms with Crippen molar-refractivity contribution in [1.29, 1.82) is 0 Å². The average Bonchev–Trinajstić information content (AvgIpc) is 3.20. The highest BCUT2D eigenvalue weighted by molar-refractivity contribution is 7.10. The number of amides is 1. The van der Waals surface area contributed by atoms with Crippen molar-refractivity contribution in [2.75, 3.05) is 32.8 Å². The molecule has 2 aromatic rings. The van der Waals surface area contributed by atoms with Crippen LogP contribution in [0.2, 0.25) is 0 Å². The topological polar surface area (TPSA) is 54.7 Å². The fraction of sp³-hybridized carbons (Fsp3) is 0.438. The molecule has 0 radical (unpaired) electrons. The Balaban J connectivity index is 1.68. The van der Waals surface area contributed by atoms with Crippen LogP contribution in [-0.4, -0.2) is 43.7 Å². The van der Waals surface area contributed by atoms with Crippen LogP contribution in [0.4, 0.5) is 0 Å². The molecule has 2 aromatic heterocycles. The molecule has 1 aliphatic rings. The number of carbonyl (C=O) groups excluding carboxylic acids is 1. The highest BCUT2D eigenvalue weighted by Crippen LogP contribution is 2.25. The lowest BCUT2D eigenvalue weighted by Gasteiger charge is -2.34. The van der Waals surface area contributed by atoms with Gasteiger partial charge in [0.2, 0.25) is 0 Å². The Morgan fingerprint density at radius 3 is 2.86 bits per heavy atom. The summed E-state index contributed by atoms with van der Waals surface area (Å²) in [7, 11) is 0. The maximum atomic E-state index is 12.2. The van der Waals surface area contributed by atoms with Gasteiger partial charge >= 0.3 is 0 Å². The summed E-state index contributed by atoms with van der Waals surface area (Å²) in [5.74, 6) is 0.240. The number of nitrogens with one attached hydrogen (secondary N) is 1. The second-order valence-corrected chi connectivity index (χ2v) is 6.30. The van der Waals surface area contributed by atoms with Crippen molar-refractivity contribution in [2.45, 2.75) is 13.0 Å². The SMILES string of the molecule is Cc1ccoc1C(=O)NC[C@H](c1cccs1)N1CCOCC1. The fourth-order valence-electron chi connectivity index (χ4n) is 2.65. The average molecular weight is 320 g/mol. The zero-order valence-corrected chi connectivity index (χ0v) is 13.4. The van der Waals surface area contributed by atoms with E-state index in [2.05, 4.69) is 21.7 Å². The standard InChI is InChI=1S/C16H20N2O3S/c1-12-4-7-21-15(12)16(19)17-11-13(14-3-2-10-22-14)18-5-8-20-9-6-18/h2-4,7,10,13H,5-6,8-9,11H2,1H3,(H,17,19)/t13-/m1/s1. The van der Waals surface area contributed by atoms with E-state index in [1.165, 1.54) is 4.88 Å². The van der Waals surface area contributed by atoms with E-state index in [1.54, 1.807) is 23.7 Å². The van der Waals surface area contributed by atoms with E-state index in [-0.39, 0.29) is 11.9 Å². The summed E-state index contributed by atoms with van der Waals surface area (Å²) in [6.07, 6.45) is 1.54. The van der Waals surface area contributed by atoms with Gasteiger partial charge in [0.05, 0.1) is 25.5 Å². The number of ether oxygens (including phenoxy) is 1. The second-order valence-electron chi connectivity index (χ2n) is 5.32. The molecule has 1 aliphatic heterocycles. The summed E-state index contributed by atoms with van der Waals surface area (Å²) in [4.78, 5) is 15.9. The van der Waals surface area contributed by atoms with Crippen LogP contribution >= 0.6 is 11.3 Å². The molecule has 5 nitrogen and oxygen atoms in total. The van der Waals surface area contributed by atoms with Crippen LogP contribution < -0.4 is 5.32 Å².